The zero-order valence-electron chi connectivity index (χ0n) is 14.6. The van der Waals surface area contributed by atoms with Gasteiger partial charge in [-0.25, -0.2) is 0 Å². The molecule has 1 unspecified atom stereocenters. The van der Waals surface area contributed by atoms with E-state index in [-0.39, 0.29) is 17.9 Å². The standard InChI is InChI=1S/C20H20O6/c1-4-9-26-17-11-14(10-15(21)12-17)18(20(23)25-3)19(22)13-5-7-16(24-2)8-6-13/h4-8,10-12,18,21H,1,9H2,2-3H3. The molecule has 6 heteroatoms. The number of benzene rings is 2. The molecule has 0 bridgehead atoms. The molecular formula is C20H20O6. The van der Waals surface area contributed by atoms with E-state index in [1.807, 2.05) is 0 Å². The second-order valence-corrected chi connectivity index (χ2v) is 5.41. The second kappa shape index (κ2) is 8.71. The SMILES string of the molecule is C=CCOc1cc(O)cc(C(C(=O)OC)C(=O)c2ccc(OC)cc2)c1. The van der Waals surface area contributed by atoms with E-state index < -0.39 is 17.7 Å². The first-order valence-electron chi connectivity index (χ1n) is 7.84. The Labute approximate surface area is 151 Å². The molecule has 0 radical (unpaired) electrons. The quantitative estimate of drug-likeness (QED) is 0.339. The van der Waals surface area contributed by atoms with Gasteiger partial charge in [0.1, 0.15) is 29.8 Å². The molecule has 0 saturated carbocycles. The van der Waals surface area contributed by atoms with Crippen LogP contribution in [0.4, 0.5) is 0 Å². The van der Waals surface area contributed by atoms with E-state index in [0.717, 1.165) is 0 Å². The van der Waals surface area contributed by atoms with Crippen molar-refractivity contribution in [1.29, 1.82) is 0 Å². The molecule has 6 nitrogen and oxygen atoms in total. The summed E-state index contributed by atoms with van der Waals surface area (Å²) in [5.74, 6) is -1.64. The summed E-state index contributed by atoms with van der Waals surface area (Å²) in [7, 11) is 2.72. The van der Waals surface area contributed by atoms with Crippen LogP contribution in [0.25, 0.3) is 0 Å². The molecule has 0 saturated heterocycles. The number of Topliss-reactive ketones (excluding diaryl/α,β-unsaturated/α-hetero) is 1. The minimum atomic E-state index is -1.23. The first-order valence-corrected chi connectivity index (χ1v) is 7.84. The van der Waals surface area contributed by atoms with Gasteiger partial charge in [0.25, 0.3) is 0 Å². The molecule has 0 heterocycles. The van der Waals surface area contributed by atoms with Crippen molar-refractivity contribution < 1.29 is 28.9 Å². The Hall–Kier alpha value is -3.28. The Morgan fingerprint density at radius 2 is 1.81 bits per heavy atom. The number of hydrogen-bond acceptors (Lipinski definition) is 6. The summed E-state index contributed by atoms with van der Waals surface area (Å²) in [6, 6.07) is 10.6. The molecule has 2 rings (SSSR count). The highest BCUT2D eigenvalue weighted by molar-refractivity contribution is 6.13. The Balaban J connectivity index is 2.43. The van der Waals surface area contributed by atoms with Gasteiger partial charge in [0.05, 0.1) is 14.2 Å². The van der Waals surface area contributed by atoms with Crippen molar-refractivity contribution in [2.75, 3.05) is 20.8 Å². The minimum Gasteiger partial charge on any atom is -0.508 e. The normalized spacial score (nSPS) is 11.3. The number of rotatable bonds is 8. The Bertz CT molecular complexity index is 794. The molecule has 136 valence electrons. The van der Waals surface area contributed by atoms with Crippen molar-refractivity contribution >= 4 is 11.8 Å². The number of phenolic OH excluding ortho intramolecular Hbond substituents is 1. The summed E-state index contributed by atoms with van der Waals surface area (Å²) < 4.78 is 15.3. The molecule has 26 heavy (non-hydrogen) atoms. The van der Waals surface area contributed by atoms with Crippen molar-refractivity contribution in [2.24, 2.45) is 0 Å². The number of hydrogen-bond donors (Lipinski definition) is 1. The van der Waals surface area contributed by atoms with Crippen LogP contribution in [0.3, 0.4) is 0 Å². The summed E-state index contributed by atoms with van der Waals surface area (Å²) in [5.41, 5.74) is 0.592. The molecule has 1 N–H and O–H groups in total. The van der Waals surface area contributed by atoms with Gasteiger partial charge >= 0.3 is 5.97 Å². The van der Waals surface area contributed by atoms with E-state index in [1.54, 1.807) is 30.3 Å². The summed E-state index contributed by atoms with van der Waals surface area (Å²) in [6.45, 7) is 3.77. The van der Waals surface area contributed by atoms with Gasteiger partial charge in [-0.2, -0.15) is 0 Å². The Kier molecular flexibility index (Phi) is 6.38. The van der Waals surface area contributed by atoms with E-state index in [1.165, 1.54) is 32.4 Å². The Morgan fingerprint density at radius 3 is 2.38 bits per heavy atom. The molecule has 0 aliphatic heterocycles. The maximum Gasteiger partial charge on any atom is 0.321 e. The zero-order chi connectivity index (χ0) is 19.1. The van der Waals surface area contributed by atoms with E-state index in [2.05, 4.69) is 6.58 Å². The van der Waals surface area contributed by atoms with Crippen LogP contribution in [-0.4, -0.2) is 37.7 Å². The lowest BCUT2D eigenvalue weighted by Gasteiger charge is -2.16. The molecule has 0 aliphatic rings. The average Bonchev–Trinajstić information content (AvgIpc) is 2.66. The van der Waals surface area contributed by atoms with Gasteiger partial charge in [-0.05, 0) is 42.0 Å². The van der Waals surface area contributed by atoms with Gasteiger partial charge in [-0.1, -0.05) is 12.7 Å². The molecule has 2 aromatic rings. The number of esters is 1. The van der Waals surface area contributed by atoms with E-state index in [9.17, 15) is 14.7 Å². The highest BCUT2D eigenvalue weighted by atomic mass is 16.5. The first kappa shape index (κ1) is 19.1. The van der Waals surface area contributed by atoms with Gasteiger partial charge in [-0.3, -0.25) is 9.59 Å². The van der Waals surface area contributed by atoms with Crippen molar-refractivity contribution in [3.63, 3.8) is 0 Å². The number of methoxy groups -OCH3 is 2. The summed E-state index contributed by atoms with van der Waals surface area (Å²) in [5, 5.41) is 9.93. The van der Waals surface area contributed by atoms with Crippen LogP contribution in [0.1, 0.15) is 21.8 Å². The fourth-order valence-corrected chi connectivity index (χ4v) is 2.45. The second-order valence-electron chi connectivity index (χ2n) is 5.41. The molecule has 0 fully saturated rings. The zero-order valence-corrected chi connectivity index (χ0v) is 14.6. The third kappa shape index (κ3) is 4.42. The summed E-state index contributed by atoms with van der Waals surface area (Å²) in [6.07, 6.45) is 1.55. The topological polar surface area (TPSA) is 82.1 Å². The van der Waals surface area contributed by atoms with Crippen LogP contribution in [0.15, 0.2) is 55.1 Å². The fourth-order valence-electron chi connectivity index (χ4n) is 2.45. The van der Waals surface area contributed by atoms with Gasteiger partial charge < -0.3 is 19.3 Å². The summed E-state index contributed by atoms with van der Waals surface area (Å²) in [4.78, 5) is 25.2. The molecule has 0 aromatic heterocycles. The molecule has 1 atom stereocenters. The van der Waals surface area contributed by atoms with Crippen LogP contribution < -0.4 is 9.47 Å². The van der Waals surface area contributed by atoms with Crippen molar-refractivity contribution in [3.05, 3.63) is 66.2 Å². The third-order valence-corrected chi connectivity index (χ3v) is 3.69. The molecular weight excluding hydrogens is 336 g/mol. The predicted molar refractivity (Wildman–Crippen MR) is 95.9 cm³/mol. The lowest BCUT2D eigenvalue weighted by Crippen LogP contribution is -2.23. The van der Waals surface area contributed by atoms with E-state index in [0.29, 0.717) is 17.1 Å². The average molecular weight is 356 g/mol. The van der Waals surface area contributed by atoms with E-state index in [4.69, 9.17) is 14.2 Å². The number of carbonyl (C=O) groups excluding carboxylic acids is 2. The van der Waals surface area contributed by atoms with E-state index >= 15 is 0 Å². The van der Waals surface area contributed by atoms with Crippen LogP contribution in [0.2, 0.25) is 0 Å². The molecule has 0 spiro atoms. The summed E-state index contributed by atoms with van der Waals surface area (Å²) >= 11 is 0. The number of ketones is 1. The number of carbonyl (C=O) groups is 2. The van der Waals surface area contributed by atoms with Crippen molar-refractivity contribution in [2.45, 2.75) is 5.92 Å². The van der Waals surface area contributed by atoms with Gasteiger partial charge in [0.2, 0.25) is 0 Å². The third-order valence-electron chi connectivity index (χ3n) is 3.69. The lowest BCUT2D eigenvalue weighted by atomic mass is 9.90. The van der Waals surface area contributed by atoms with Crippen LogP contribution in [-0.2, 0) is 9.53 Å². The number of aromatic hydroxyl groups is 1. The lowest BCUT2D eigenvalue weighted by molar-refractivity contribution is -0.141. The first-order chi connectivity index (χ1) is 12.5. The monoisotopic (exact) mass is 356 g/mol. The van der Waals surface area contributed by atoms with Gasteiger partial charge in [-0.15, -0.1) is 0 Å². The smallest absolute Gasteiger partial charge is 0.321 e. The molecule has 0 aliphatic carbocycles. The maximum absolute atomic E-state index is 12.9. The van der Waals surface area contributed by atoms with Crippen LogP contribution in [0.5, 0.6) is 17.2 Å². The Morgan fingerprint density at radius 1 is 1.12 bits per heavy atom. The largest absolute Gasteiger partial charge is 0.508 e. The number of phenols is 1. The molecule has 2 aromatic carbocycles. The van der Waals surface area contributed by atoms with Crippen LogP contribution >= 0.6 is 0 Å². The fraction of sp³-hybridized carbons (Fsp3) is 0.200. The van der Waals surface area contributed by atoms with Gasteiger partial charge in [0.15, 0.2) is 5.78 Å². The van der Waals surface area contributed by atoms with Crippen molar-refractivity contribution in [1.82, 2.24) is 0 Å². The maximum atomic E-state index is 12.9. The predicted octanol–water partition coefficient (Wildman–Crippen LogP) is 3.11. The van der Waals surface area contributed by atoms with Crippen LogP contribution in [0, 0.1) is 0 Å². The van der Waals surface area contributed by atoms with Crippen molar-refractivity contribution in [3.8, 4) is 17.2 Å². The highest BCUT2D eigenvalue weighted by Gasteiger charge is 2.31. The minimum absolute atomic E-state index is 0.127. The van der Waals surface area contributed by atoms with Gasteiger partial charge in [0, 0.05) is 11.6 Å². The number of ether oxygens (including phenoxy) is 3. The highest BCUT2D eigenvalue weighted by Crippen LogP contribution is 2.30. The molecule has 0 amide bonds.